The average molecular weight is 348 g/mol. The van der Waals surface area contributed by atoms with Gasteiger partial charge in [0.05, 0.1) is 10.6 Å². The van der Waals surface area contributed by atoms with Crippen molar-refractivity contribution in [1.82, 2.24) is 14.5 Å². The van der Waals surface area contributed by atoms with E-state index in [4.69, 9.17) is 23.2 Å². The number of hydrogen-bond acceptors (Lipinski definition) is 3. The van der Waals surface area contributed by atoms with Crippen LogP contribution in [-0.4, -0.2) is 30.0 Å². The minimum Gasteiger partial charge on any atom is -0.282 e. The molecule has 1 aromatic heterocycles. The Morgan fingerprint density at radius 3 is 2.24 bits per heavy atom. The minimum absolute atomic E-state index is 0.0706. The summed E-state index contributed by atoms with van der Waals surface area (Å²) >= 11 is 11.7. The van der Waals surface area contributed by atoms with E-state index in [9.17, 15) is 8.42 Å². The lowest BCUT2D eigenvalue weighted by atomic mass is 10.2. The van der Waals surface area contributed by atoms with Gasteiger partial charge in [0.2, 0.25) is 10.0 Å². The van der Waals surface area contributed by atoms with Crippen LogP contribution >= 0.6 is 23.2 Å². The van der Waals surface area contributed by atoms with Crippen molar-refractivity contribution in [2.45, 2.75) is 25.3 Å². The highest BCUT2D eigenvalue weighted by molar-refractivity contribution is 7.89. The van der Waals surface area contributed by atoms with Crippen molar-refractivity contribution in [2.24, 2.45) is 0 Å². The van der Waals surface area contributed by atoms with Crippen molar-refractivity contribution in [1.29, 1.82) is 0 Å². The van der Waals surface area contributed by atoms with Gasteiger partial charge in [0.1, 0.15) is 0 Å². The van der Waals surface area contributed by atoms with Gasteiger partial charge in [0, 0.05) is 34.9 Å². The molecule has 0 unspecified atom stereocenters. The lowest BCUT2D eigenvalue weighted by molar-refractivity contribution is 0.465. The van der Waals surface area contributed by atoms with Gasteiger partial charge in [0.15, 0.2) is 0 Å². The Kier molecular flexibility index (Phi) is 4.63. The molecular weight excluding hydrogens is 333 g/mol. The summed E-state index contributed by atoms with van der Waals surface area (Å²) in [6, 6.07) is 4.26. The van der Waals surface area contributed by atoms with Gasteiger partial charge in [-0.2, -0.15) is 9.40 Å². The van der Waals surface area contributed by atoms with Crippen molar-refractivity contribution < 1.29 is 8.42 Å². The topological polar surface area (TPSA) is 66.1 Å². The van der Waals surface area contributed by atoms with E-state index in [1.807, 2.05) is 13.8 Å². The van der Waals surface area contributed by atoms with Gasteiger partial charge in [-0.3, -0.25) is 5.10 Å². The molecule has 2 rings (SSSR count). The molecule has 0 fully saturated rings. The van der Waals surface area contributed by atoms with E-state index in [2.05, 4.69) is 10.2 Å². The quantitative estimate of drug-likeness (QED) is 0.923. The average Bonchev–Trinajstić information content (AvgIpc) is 2.69. The number of hydrogen-bond donors (Lipinski definition) is 1. The second-order valence-corrected chi connectivity index (χ2v) is 7.70. The second-order valence-electron chi connectivity index (χ2n) is 4.78. The second kappa shape index (κ2) is 5.96. The van der Waals surface area contributed by atoms with Crippen LogP contribution in [0.5, 0.6) is 0 Å². The Morgan fingerprint density at radius 1 is 1.19 bits per heavy atom. The zero-order valence-corrected chi connectivity index (χ0v) is 14.1. The predicted octanol–water partition coefficient (Wildman–Crippen LogP) is 3.15. The Bertz CT molecular complexity index is 732. The van der Waals surface area contributed by atoms with Crippen LogP contribution in [-0.2, 0) is 16.6 Å². The van der Waals surface area contributed by atoms with Gasteiger partial charge in [-0.1, -0.05) is 23.2 Å². The molecule has 2 aromatic rings. The first-order valence-electron chi connectivity index (χ1n) is 6.14. The molecule has 114 valence electrons. The van der Waals surface area contributed by atoms with Crippen LogP contribution in [0.3, 0.4) is 0 Å². The number of nitrogens with zero attached hydrogens (tertiary/aromatic N) is 2. The smallest absolute Gasteiger partial charge is 0.243 e. The van der Waals surface area contributed by atoms with E-state index < -0.39 is 10.0 Å². The molecule has 1 N–H and O–H groups in total. The first-order chi connectivity index (χ1) is 9.71. The van der Waals surface area contributed by atoms with Crippen molar-refractivity contribution >= 4 is 33.2 Å². The molecule has 0 radical (unpaired) electrons. The number of aromatic nitrogens is 2. The van der Waals surface area contributed by atoms with Gasteiger partial charge in [0.25, 0.3) is 0 Å². The summed E-state index contributed by atoms with van der Waals surface area (Å²) in [5, 5.41) is 7.47. The molecule has 0 saturated carbocycles. The summed E-state index contributed by atoms with van der Waals surface area (Å²) in [6.07, 6.45) is 0. The van der Waals surface area contributed by atoms with Crippen molar-refractivity contribution in [3.05, 3.63) is 45.2 Å². The first kappa shape index (κ1) is 16.3. The largest absolute Gasteiger partial charge is 0.282 e. The van der Waals surface area contributed by atoms with E-state index in [-0.39, 0.29) is 21.5 Å². The van der Waals surface area contributed by atoms with Crippen molar-refractivity contribution in [3.63, 3.8) is 0 Å². The van der Waals surface area contributed by atoms with Gasteiger partial charge in [-0.15, -0.1) is 0 Å². The van der Waals surface area contributed by atoms with E-state index in [1.54, 1.807) is 0 Å². The van der Waals surface area contributed by atoms with Gasteiger partial charge in [-0.05, 0) is 32.0 Å². The fourth-order valence-corrected chi connectivity index (χ4v) is 3.84. The third-order valence-electron chi connectivity index (χ3n) is 3.21. The molecule has 0 aliphatic heterocycles. The molecule has 0 atom stereocenters. The number of nitrogens with one attached hydrogen (secondary N) is 1. The summed E-state index contributed by atoms with van der Waals surface area (Å²) < 4.78 is 26.4. The van der Waals surface area contributed by atoms with Crippen molar-refractivity contribution in [2.75, 3.05) is 7.05 Å². The number of aromatic amines is 1. The van der Waals surface area contributed by atoms with Crippen LogP contribution in [0.2, 0.25) is 10.0 Å². The highest BCUT2D eigenvalue weighted by atomic mass is 35.5. The first-order valence-corrected chi connectivity index (χ1v) is 8.34. The summed E-state index contributed by atoms with van der Waals surface area (Å²) in [7, 11) is -2.16. The van der Waals surface area contributed by atoms with Crippen molar-refractivity contribution in [3.8, 4) is 0 Å². The highest BCUT2D eigenvalue weighted by Gasteiger charge is 2.23. The summed E-state index contributed by atoms with van der Waals surface area (Å²) in [5.41, 5.74) is 2.48. The Hall–Kier alpha value is -1.08. The molecule has 1 aromatic carbocycles. The van der Waals surface area contributed by atoms with Gasteiger partial charge >= 0.3 is 0 Å². The van der Waals surface area contributed by atoms with E-state index in [0.717, 1.165) is 17.0 Å². The van der Waals surface area contributed by atoms with Crippen LogP contribution in [0, 0.1) is 13.8 Å². The lowest BCUT2D eigenvalue weighted by Crippen LogP contribution is -2.27. The number of halogens is 2. The van der Waals surface area contributed by atoms with E-state index >= 15 is 0 Å². The molecule has 8 heteroatoms. The van der Waals surface area contributed by atoms with Crippen LogP contribution in [0.4, 0.5) is 0 Å². The molecule has 21 heavy (non-hydrogen) atoms. The standard InChI is InChI=1S/C13H15Cl2N3O2S/c1-8-13(9(2)17-16-8)7-18(3)21(19,20)12-5-10(14)4-11(15)6-12/h4-6H,7H2,1-3H3,(H,16,17). The fraction of sp³-hybridized carbons (Fsp3) is 0.308. The lowest BCUT2D eigenvalue weighted by Gasteiger charge is -2.17. The summed E-state index contributed by atoms with van der Waals surface area (Å²) in [6.45, 7) is 3.90. The molecule has 0 amide bonds. The molecular formula is C13H15Cl2N3O2S. The van der Waals surface area contributed by atoms with Crippen LogP contribution in [0.25, 0.3) is 0 Å². The number of benzene rings is 1. The zero-order chi connectivity index (χ0) is 15.8. The number of H-pyrrole nitrogens is 1. The number of aryl methyl sites for hydroxylation is 2. The molecule has 0 aliphatic carbocycles. The zero-order valence-electron chi connectivity index (χ0n) is 11.8. The van der Waals surface area contributed by atoms with E-state index in [1.165, 1.54) is 29.6 Å². The molecule has 1 heterocycles. The van der Waals surface area contributed by atoms with Gasteiger partial charge < -0.3 is 0 Å². The van der Waals surface area contributed by atoms with Crippen LogP contribution in [0.1, 0.15) is 17.0 Å². The molecule has 0 saturated heterocycles. The molecule has 0 bridgehead atoms. The van der Waals surface area contributed by atoms with E-state index in [0.29, 0.717) is 0 Å². The number of sulfonamides is 1. The predicted molar refractivity (Wildman–Crippen MR) is 83.2 cm³/mol. The van der Waals surface area contributed by atoms with Gasteiger partial charge in [-0.25, -0.2) is 8.42 Å². The molecule has 5 nitrogen and oxygen atoms in total. The monoisotopic (exact) mass is 347 g/mol. The highest BCUT2D eigenvalue weighted by Crippen LogP contribution is 2.25. The number of rotatable bonds is 4. The molecule has 0 aliphatic rings. The third-order valence-corrected chi connectivity index (χ3v) is 5.42. The fourth-order valence-electron chi connectivity index (χ4n) is 1.97. The maximum absolute atomic E-state index is 12.6. The SMILES string of the molecule is Cc1n[nH]c(C)c1CN(C)S(=O)(=O)c1cc(Cl)cc(Cl)c1. The molecule has 0 spiro atoms. The normalized spacial score (nSPS) is 12.1. The Balaban J connectivity index is 2.35. The van der Waals surface area contributed by atoms with Crippen LogP contribution in [0.15, 0.2) is 23.1 Å². The maximum atomic E-state index is 12.6. The minimum atomic E-state index is -3.67. The Morgan fingerprint density at radius 2 is 1.76 bits per heavy atom. The van der Waals surface area contributed by atoms with Crippen LogP contribution < -0.4 is 0 Å². The Labute approximate surface area is 133 Å². The maximum Gasteiger partial charge on any atom is 0.243 e. The third kappa shape index (κ3) is 3.40. The summed E-state index contributed by atoms with van der Waals surface area (Å²) in [4.78, 5) is 0.0706. The summed E-state index contributed by atoms with van der Waals surface area (Å²) in [5.74, 6) is 0.